The van der Waals surface area contributed by atoms with Crippen LogP contribution in [0.3, 0.4) is 0 Å². The van der Waals surface area contributed by atoms with E-state index in [4.69, 9.17) is 0 Å². The van der Waals surface area contributed by atoms with Crippen molar-refractivity contribution >= 4 is 0 Å². The minimum atomic E-state index is -1.19. The van der Waals surface area contributed by atoms with Crippen molar-refractivity contribution in [3.63, 3.8) is 0 Å². The van der Waals surface area contributed by atoms with Gasteiger partial charge in [-0.05, 0) is 48.9 Å². The van der Waals surface area contributed by atoms with Crippen LogP contribution in [0.4, 0.5) is 0 Å². The Hall–Kier alpha value is -2.54. The molecule has 0 amide bonds. The lowest BCUT2D eigenvalue weighted by molar-refractivity contribution is -0.127. The number of aliphatic hydroxyl groups excluding tert-OH is 1. The number of aliphatic hydroxyl groups is 2. The molecule has 2 atom stereocenters. The van der Waals surface area contributed by atoms with E-state index in [0.29, 0.717) is 11.6 Å². The number of pyridine rings is 1. The van der Waals surface area contributed by atoms with Crippen molar-refractivity contribution in [2.45, 2.75) is 70.5 Å². The fourth-order valence-corrected chi connectivity index (χ4v) is 6.44. The molecule has 2 aromatic heterocycles. The monoisotopic (exact) mass is 488 g/mol. The smallest absolute Gasteiger partial charge is 0.124 e. The molecule has 3 heterocycles. The van der Waals surface area contributed by atoms with Crippen LogP contribution in [-0.4, -0.2) is 49.8 Å². The highest BCUT2D eigenvalue weighted by molar-refractivity contribution is 5.45. The van der Waals surface area contributed by atoms with Crippen molar-refractivity contribution < 1.29 is 10.2 Å². The Bertz CT molecular complexity index is 1180. The molecule has 5 rings (SSSR count). The van der Waals surface area contributed by atoms with Gasteiger partial charge in [0.15, 0.2) is 0 Å². The Morgan fingerprint density at radius 2 is 1.72 bits per heavy atom. The molecular weight excluding hydrogens is 448 g/mol. The SMILES string of the molecule is CC(C)c1ccc([C@](O)(c2cncc(-n3cnc([C@H](O)C4CCCCC4)c3)c2)C2(C)CN(C)C2)cc1. The van der Waals surface area contributed by atoms with Gasteiger partial charge in [-0.1, -0.05) is 64.3 Å². The summed E-state index contributed by atoms with van der Waals surface area (Å²) >= 11 is 0. The fourth-order valence-electron chi connectivity index (χ4n) is 6.44. The first-order valence-corrected chi connectivity index (χ1v) is 13.4. The van der Waals surface area contributed by atoms with Crippen LogP contribution in [0.25, 0.3) is 5.69 Å². The number of hydrogen-bond acceptors (Lipinski definition) is 5. The van der Waals surface area contributed by atoms with E-state index in [2.05, 4.69) is 67.0 Å². The van der Waals surface area contributed by atoms with E-state index in [9.17, 15) is 10.2 Å². The van der Waals surface area contributed by atoms with E-state index in [1.807, 2.05) is 16.8 Å². The number of nitrogens with zero attached hydrogens (tertiary/aromatic N) is 4. The Morgan fingerprint density at radius 3 is 2.36 bits per heavy atom. The number of benzene rings is 1. The molecule has 1 saturated carbocycles. The van der Waals surface area contributed by atoms with Gasteiger partial charge < -0.3 is 19.7 Å². The molecule has 2 fully saturated rings. The van der Waals surface area contributed by atoms with E-state index in [1.54, 1.807) is 18.7 Å². The summed E-state index contributed by atoms with van der Waals surface area (Å²) in [4.78, 5) is 11.3. The average molecular weight is 489 g/mol. The minimum Gasteiger partial charge on any atom is -0.386 e. The number of rotatable bonds is 7. The minimum absolute atomic E-state index is 0.279. The maximum absolute atomic E-state index is 12.5. The van der Waals surface area contributed by atoms with Gasteiger partial charge in [0.05, 0.1) is 23.9 Å². The molecule has 1 saturated heterocycles. The fraction of sp³-hybridized carbons (Fsp3) is 0.533. The molecule has 36 heavy (non-hydrogen) atoms. The van der Waals surface area contributed by atoms with Gasteiger partial charge in [-0.25, -0.2) is 4.98 Å². The highest BCUT2D eigenvalue weighted by atomic mass is 16.3. The summed E-state index contributed by atoms with van der Waals surface area (Å²) in [5.41, 5.74) is 2.92. The van der Waals surface area contributed by atoms with E-state index >= 15 is 0 Å². The lowest BCUT2D eigenvalue weighted by atomic mass is 9.62. The molecule has 6 nitrogen and oxygen atoms in total. The van der Waals surface area contributed by atoms with Crippen LogP contribution in [0.5, 0.6) is 0 Å². The molecule has 2 N–H and O–H groups in total. The summed E-state index contributed by atoms with van der Waals surface area (Å²) in [5.74, 6) is 0.711. The van der Waals surface area contributed by atoms with Crippen molar-refractivity contribution in [3.05, 3.63) is 77.6 Å². The molecule has 192 valence electrons. The van der Waals surface area contributed by atoms with E-state index in [0.717, 1.165) is 42.7 Å². The third-order valence-corrected chi connectivity index (χ3v) is 8.55. The second-order valence-electron chi connectivity index (χ2n) is 11.7. The summed E-state index contributed by atoms with van der Waals surface area (Å²) in [6, 6.07) is 10.4. The predicted octanol–water partition coefficient (Wildman–Crippen LogP) is 5.19. The van der Waals surface area contributed by atoms with Gasteiger partial charge in [0.2, 0.25) is 0 Å². The Balaban J connectivity index is 1.50. The zero-order valence-corrected chi connectivity index (χ0v) is 22.1. The second kappa shape index (κ2) is 9.73. The molecular formula is C30H40N4O2. The number of hydrogen-bond donors (Lipinski definition) is 2. The summed E-state index contributed by atoms with van der Waals surface area (Å²) < 4.78 is 1.91. The lowest BCUT2D eigenvalue weighted by Gasteiger charge is -2.55. The normalized spacial score (nSPS) is 21.2. The predicted molar refractivity (Wildman–Crippen MR) is 142 cm³/mol. The first kappa shape index (κ1) is 25.1. The lowest BCUT2D eigenvalue weighted by Crippen LogP contribution is -2.63. The molecule has 0 spiro atoms. The van der Waals surface area contributed by atoms with Crippen molar-refractivity contribution in [2.75, 3.05) is 20.1 Å². The first-order chi connectivity index (χ1) is 17.2. The highest BCUT2D eigenvalue weighted by Crippen LogP contribution is 2.50. The zero-order valence-electron chi connectivity index (χ0n) is 22.1. The quantitative estimate of drug-likeness (QED) is 0.479. The van der Waals surface area contributed by atoms with Crippen molar-refractivity contribution in [1.82, 2.24) is 19.4 Å². The third-order valence-electron chi connectivity index (χ3n) is 8.55. The largest absolute Gasteiger partial charge is 0.386 e. The first-order valence-electron chi connectivity index (χ1n) is 13.4. The van der Waals surface area contributed by atoms with Gasteiger partial charge in [-0.15, -0.1) is 0 Å². The maximum Gasteiger partial charge on any atom is 0.124 e. The topological polar surface area (TPSA) is 74.4 Å². The van der Waals surface area contributed by atoms with Crippen LogP contribution in [-0.2, 0) is 5.60 Å². The second-order valence-corrected chi connectivity index (χ2v) is 11.7. The van der Waals surface area contributed by atoms with Gasteiger partial charge in [0, 0.05) is 36.5 Å². The summed E-state index contributed by atoms with van der Waals surface area (Å²) in [7, 11) is 2.09. The molecule has 1 aliphatic heterocycles. The summed E-state index contributed by atoms with van der Waals surface area (Å²) in [6.07, 6.45) is 12.4. The molecule has 1 aliphatic carbocycles. The van der Waals surface area contributed by atoms with Gasteiger partial charge >= 0.3 is 0 Å². The molecule has 0 radical (unpaired) electrons. The van der Waals surface area contributed by atoms with Crippen LogP contribution in [0.1, 0.15) is 87.3 Å². The standard InChI is InChI=1S/C30H40N4O2/c1-21(2)22-10-12-24(13-11-22)30(36,29(3)18-33(4)19-29)25-14-26(16-31-15-25)34-17-27(32-20-34)28(35)23-8-6-5-7-9-23/h10-17,20-21,23,28,35-36H,5-9,18-19H2,1-4H3/t28-,30+/m1/s1. The van der Waals surface area contributed by atoms with Gasteiger partial charge in [0.25, 0.3) is 0 Å². The Labute approximate surface area is 215 Å². The van der Waals surface area contributed by atoms with Crippen LogP contribution in [0, 0.1) is 11.3 Å². The molecule has 3 aromatic rings. The van der Waals surface area contributed by atoms with Crippen LogP contribution >= 0.6 is 0 Å². The van der Waals surface area contributed by atoms with E-state index < -0.39 is 11.7 Å². The highest BCUT2D eigenvalue weighted by Gasteiger charge is 2.55. The number of likely N-dealkylation sites (tertiary alicyclic amines) is 1. The van der Waals surface area contributed by atoms with Crippen molar-refractivity contribution in [1.29, 1.82) is 0 Å². The Morgan fingerprint density at radius 1 is 1.03 bits per heavy atom. The summed E-state index contributed by atoms with van der Waals surface area (Å²) in [6.45, 7) is 8.11. The summed E-state index contributed by atoms with van der Waals surface area (Å²) in [5, 5.41) is 23.4. The molecule has 0 bridgehead atoms. The molecule has 1 aromatic carbocycles. The van der Waals surface area contributed by atoms with Crippen molar-refractivity contribution in [3.8, 4) is 5.69 Å². The Kier molecular flexibility index (Phi) is 6.79. The van der Waals surface area contributed by atoms with Crippen molar-refractivity contribution in [2.24, 2.45) is 11.3 Å². The van der Waals surface area contributed by atoms with E-state index in [1.165, 1.54) is 24.8 Å². The zero-order chi connectivity index (χ0) is 25.5. The van der Waals surface area contributed by atoms with Gasteiger partial charge in [-0.2, -0.15) is 0 Å². The molecule has 2 aliphatic rings. The molecule has 6 heteroatoms. The maximum atomic E-state index is 12.5. The van der Waals surface area contributed by atoms with Gasteiger partial charge in [-0.3, -0.25) is 4.98 Å². The van der Waals surface area contributed by atoms with Crippen LogP contribution in [0.2, 0.25) is 0 Å². The van der Waals surface area contributed by atoms with E-state index in [-0.39, 0.29) is 11.3 Å². The number of aromatic nitrogens is 3. The third kappa shape index (κ3) is 4.40. The number of imidazole rings is 1. The van der Waals surface area contributed by atoms with Crippen LogP contribution < -0.4 is 0 Å². The average Bonchev–Trinajstić information content (AvgIpc) is 3.38. The van der Waals surface area contributed by atoms with Crippen LogP contribution in [0.15, 0.2) is 55.2 Å². The van der Waals surface area contributed by atoms with Gasteiger partial charge in [0.1, 0.15) is 11.7 Å². The molecule has 0 unspecified atom stereocenters.